The average Bonchev–Trinajstić information content (AvgIpc) is 3.03. The molecule has 1 aromatic heterocycles. The summed E-state index contributed by atoms with van der Waals surface area (Å²) in [6.45, 7) is 6.93. The van der Waals surface area contributed by atoms with Crippen LogP contribution in [0.5, 0.6) is 5.75 Å². The van der Waals surface area contributed by atoms with Gasteiger partial charge in [0.25, 0.3) is 0 Å². The van der Waals surface area contributed by atoms with E-state index in [9.17, 15) is 0 Å². The van der Waals surface area contributed by atoms with Gasteiger partial charge in [0.2, 0.25) is 5.84 Å². The van der Waals surface area contributed by atoms with Gasteiger partial charge >= 0.3 is 0 Å². The molecule has 2 heterocycles. The molecule has 3 N–H and O–H groups in total. The van der Waals surface area contributed by atoms with Crippen molar-refractivity contribution in [2.75, 3.05) is 12.4 Å². The highest BCUT2D eigenvalue weighted by atomic mass is 16.5. The maximum atomic E-state index is 7.10. The molecule has 1 aliphatic carbocycles. The van der Waals surface area contributed by atoms with Gasteiger partial charge in [0, 0.05) is 37.6 Å². The van der Waals surface area contributed by atoms with Crippen LogP contribution in [0.15, 0.2) is 29.3 Å². The SMILES string of the molecule is COc1ccc(CNc2nc(C)c(C)c3c2N=C(C)[N+]3(N)C2CCCCC2)cc1. The summed E-state index contributed by atoms with van der Waals surface area (Å²) in [6.07, 6.45) is 6.10. The average molecular weight is 395 g/mol. The lowest BCUT2D eigenvalue weighted by molar-refractivity contribution is 0.250. The van der Waals surface area contributed by atoms with Crippen molar-refractivity contribution in [3.8, 4) is 5.75 Å². The van der Waals surface area contributed by atoms with E-state index in [0.717, 1.165) is 52.9 Å². The predicted molar refractivity (Wildman–Crippen MR) is 120 cm³/mol. The van der Waals surface area contributed by atoms with Gasteiger partial charge in [-0.1, -0.05) is 18.6 Å². The Morgan fingerprint density at radius 2 is 1.79 bits per heavy atom. The molecule has 2 aromatic rings. The molecule has 1 unspecified atom stereocenters. The van der Waals surface area contributed by atoms with Gasteiger partial charge in [0.15, 0.2) is 17.2 Å². The number of nitrogens with one attached hydrogen (secondary N) is 1. The monoisotopic (exact) mass is 394 g/mol. The van der Waals surface area contributed by atoms with Crippen LogP contribution >= 0.6 is 0 Å². The highest BCUT2D eigenvalue weighted by Crippen LogP contribution is 2.48. The second-order valence-electron chi connectivity index (χ2n) is 8.30. The Labute approximate surface area is 173 Å². The molecule has 29 heavy (non-hydrogen) atoms. The first-order valence-electron chi connectivity index (χ1n) is 10.6. The third-order valence-corrected chi connectivity index (χ3v) is 6.57. The van der Waals surface area contributed by atoms with Gasteiger partial charge in [-0.2, -0.15) is 15.4 Å². The molecule has 4 rings (SSSR count). The minimum Gasteiger partial charge on any atom is -0.497 e. The van der Waals surface area contributed by atoms with Crippen LogP contribution < -0.4 is 20.5 Å². The van der Waals surface area contributed by atoms with Crippen molar-refractivity contribution in [2.45, 2.75) is 65.5 Å². The second-order valence-corrected chi connectivity index (χ2v) is 8.30. The summed E-state index contributed by atoms with van der Waals surface area (Å²) >= 11 is 0. The largest absolute Gasteiger partial charge is 0.497 e. The first kappa shape index (κ1) is 19.9. The molecule has 0 bridgehead atoms. The zero-order valence-electron chi connectivity index (χ0n) is 18.0. The topological polar surface area (TPSA) is 72.5 Å². The van der Waals surface area contributed by atoms with Gasteiger partial charge in [-0.15, -0.1) is 0 Å². The Hall–Kier alpha value is -2.44. The standard InChI is InChI=1S/C23H32N5O/c1-15-16(2)26-23(25-14-18-10-12-20(29-4)13-11-18)21-22(15)28(24,17(3)27-21)19-8-6-5-7-9-19/h10-13,19H,5-9,14,24H2,1-4H3,(H,25,26)/q+1. The number of aromatic nitrogens is 1. The quantitative estimate of drug-likeness (QED) is 0.559. The number of hydrogen-bond donors (Lipinski definition) is 2. The van der Waals surface area contributed by atoms with E-state index in [1.165, 1.54) is 24.8 Å². The fourth-order valence-corrected chi connectivity index (χ4v) is 4.72. The normalized spacial score (nSPS) is 21.6. The molecule has 0 radical (unpaired) electrons. The summed E-state index contributed by atoms with van der Waals surface area (Å²) in [5, 5.41) is 3.50. The number of benzene rings is 1. The summed E-state index contributed by atoms with van der Waals surface area (Å²) in [5.74, 6) is 9.75. The van der Waals surface area contributed by atoms with E-state index in [4.69, 9.17) is 20.6 Å². The smallest absolute Gasteiger partial charge is 0.225 e. The van der Waals surface area contributed by atoms with Crippen molar-refractivity contribution in [3.05, 3.63) is 41.1 Å². The van der Waals surface area contributed by atoms with E-state index in [2.05, 4.69) is 38.2 Å². The molecule has 0 spiro atoms. The molecule has 1 atom stereocenters. The van der Waals surface area contributed by atoms with Crippen molar-refractivity contribution in [1.29, 1.82) is 0 Å². The third-order valence-electron chi connectivity index (χ3n) is 6.57. The number of nitrogens with zero attached hydrogens (tertiary/aromatic N) is 3. The Balaban J connectivity index is 1.68. The van der Waals surface area contributed by atoms with E-state index in [1.807, 2.05) is 12.1 Å². The van der Waals surface area contributed by atoms with Crippen LogP contribution in [-0.4, -0.2) is 24.0 Å². The van der Waals surface area contributed by atoms with Gasteiger partial charge in [0.05, 0.1) is 7.11 Å². The molecule has 0 saturated heterocycles. The van der Waals surface area contributed by atoms with Crippen LogP contribution in [0.3, 0.4) is 0 Å². The lowest BCUT2D eigenvalue weighted by Crippen LogP contribution is -2.64. The summed E-state index contributed by atoms with van der Waals surface area (Å²) in [4.78, 5) is 9.77. The van der Waals surface area contributed by atoms with Crippen LogP contribution in [0.25, 0.3) is 0 Å². The minimum atomic E-state index is 0.349. The second kappa shape index (κ2) is 7.76. The number of aliphatic imine (C=N–C) groups is 1. The fourth-order valence-electron chi connectivity index (χ4n) is 4.72. The van der Waals surface area contributed by atoms with Crippen LogP contribution in [-0.2, 0) is 6.54 Å². The summed E-state index contributed by atoms with van der Waals surface area (Å²) in [5.41, 5.74) is 5.36. The first-order valence-corrected chi connectivity index (χ1v) is 10.6. The number of pyridine rings is 1. The number of anilines is 1. The van der Waals surface area contributed by atoms with Crippen LogP contribution in [0.1, 0.15) is 55.8 Å². The van der Waals surface area contributed by atoms with Crippen molar-refractivity contribution in [3.63, 3.8) is 0 Å². The van der Waals surface area contributed by atoms with Crippen LogP contribution in [0.4, 0.5) is 17.2 Å². The third kappa shape index (κ3) is 3.40. The van der Waals surface area contributed by atoms with Crippen LogP contribution in [0, 0.1) is 13.8 Å². The maximum absolute atomic E-state index is 7.10. The van der Waals surface area contributed by atoms with Gasteiger partial charge in [-0.3, -0.25) is 0 Å². The molecule has 1 aromatic carbocycles. The molecule has 154 valence electrons. The Kier molecular flexibility index (Phi) is 5.32. The number of rotatable bonds is 5. The van der Waals surface area contributed by atoms with Gasteiger partial charge in [0.1, 0.15) is 11.8 Å². The summed E-state index contributed by atoms with van der Waals surface area (Å²) in [6, 6.07) is 8.47. The molecule has 1 aliphatic heterocycles. The maximum Gasteiger partial charge on any atom is 0.225 e. The van der Waals surface area contributed by atoms with Crippen molar-refractivity contribution < 1.29 is 4.74 Å². The van der Waals surface area contributed by atoms with Crippen LogP contribution in [0.2, 0.25) is 0 Å². The number of nitrogens with two attached hydrogens (primary N) is 1. The Bertz CT molecular complexity index is 931. The molecule has 1 saturated carbocycles. The minimum absolute atomic E-state index is 0.349. The highest BCUT2D eigenvalue weighted by molar-refractivity contribution is 6.04. The van der Waals surface area contributed by atoms with E-state index >= 15 is 0 Å². The van der Waals surface area contributed by atoms with E-state index in [0.29, 0.717) is 17.2 Å². The lowest BCUT2D eigenvalue weighted by atomic mass is 9.92. The number of ether oxygens (including phenoxy) is 1. The van der Waals surface area contributed by atoms with E-state index < -0.39 is 0 Å². The molecule has 6 heteroatoms. The zero-order chi connectivity index (χ0) is 20.6. The van der Waals surface area contributed by atoms with E-state index in [1.54, 1.807) is 7.11 Å². The fraction of sp³-hybridized carbons (Fsp3) is 0.478. The zero-order valence-corrected chi connectivity index (χ0v) is 18.0. The van der Waals surface area contributed by atoms with Gasteiger partial charge in [-0.05, 0) is 44.4 Å². The molecule has 1 fully saturated rings. The van der Waals surface area contributed by atoms with E-state index in [-0.39, 0.29) is 0 Å². The number of quaternary nitrogens is 1. The first-order chi connectivity index (χ1) is 13.9. The van der Waals surface area contributed by atoms with Crippen molar-refractivity contribution in [1.82, 2.24) is 9.58 Å². The lowest BCUT2D eigenvalue weighted by Gasteiger charge is -2.38. The van der Waals surface area contributed by atoms with Crippen molar-refractivity contribution >= 4 is 23.0 Å². The number of amidine groups is 1. The summed E-state index contributed by atoms with van der Waals surface area (Å²) in [7, 11) is 1.68. The molecule has 2 aliphatic rings. The Morgan fingerprint density at radius 3 is 2.45 bits per heavy atom. The van der Waals surface area contributed by atoms with Gasteiger partial charge < -0.3 is 10.1 Å². The number of hydrogen-bond acceptors (Lipinski definition) is 5. The molecule has 0 amide bonds. The van der Waals surface area contributed by atoms with Gasteiger partial charge in [-0.25, -0.2) is 4.98 Å². The number of fused-ring (bicyclic) bond motifs is 1. The predicted octanol–water partition coefficient (Wildman–Crippen LogP) is 4.90. The number of aryl methyl sites for hydroxylation is 1. The molecular weight excluding hydrogens is 362 g/mol. The molecule has 6 nitrogen and oxygen atoms in total. The highest BCUT2D eigenvalue weighted by Gasteiger charge is 2.48. The Morgan fingerprint density at radius 1 is 1.10 bits per heavy atom. The van der Waals surface area contributed by atoms with Crippen molar-refractivity contribution in [2.24, 2.45) is 10.8 Å². The summed E-state index contributed by atoms with van der Waals surface area (Å²) < 4.78 is 5.60. The number of methoxy groups -OCH3 is 1. The molecular formula is C23H32N5O+.